The molecular weight excluding hydrogens is 248 g/mol. The Morgan fingerprint density at radius 2 is 2.26 bits per heavy atom. The molecule has 7 nitrogen and oxygen atoms in total. The molecule has 0 fully saturated rings. The molecule has 0 aliphatic rings. The lowest BCUT2D eigenvalue weighted by Crippen LogP contribution is -2.21. The average molecular weight is 264 g/mol. The number of rotatable bonds is 5. The zero-order chi connectivity index (χ0) is 13.8. The number of aryl methyl sites for hydroxylation is 2. The number of aromatic nitrogens is 4. The van der Waals surface area contributed by atoms with Gasteiger partial charge in [-0.05, 0) is 13.3 Å². The quantitative estimate of drug-likeness (QED) is 0.734. The first kappa shape index (κ1) is 13.3. The normalized spacial score (nSPS) is 10.8. The van der Waals surface area contributed by atoms with E-state index in [-0.39, 0.29) is 11.5 Å². The predicted octanol–water partition coefficient (Wildman–Crippen LogP) is 0.473. The first-order valence-electron chi connectivity index (χ1n) is 6.16. The number of nitrogens with zero attached hydrogens (tertiary/aromatic N) is 4. The molecule has 2 aromatic heterocycles. The number of hydrogen-bond acceptors (Lipinski definition) is 5. The number of carbonyl (C=O) groups excluding carboxylic acids is 1. The SMILES string of the molecule is CCOC(=O)CCCn1cnc2c(cnn2C)c1=O. The van der Waals surface area contributed by atoms with Crippen molar-refractivity contribution in [1.29, 1.82) is 0 Å². The Labute approximate surface area is 109 Å². The lowest BCUT2D eigenvalue weighted by molar-refractivity contribution is -0.143. The van der Waals surface area contributed by atoms with Gasteiger partial charge in [-0.15, -0.1) is 0 Å². The number of fused-ring (bicyclic) bond motifs is 1. The van der Waals surface area contributed by atoms with Crippen LogP contribution in [0.5, 0.6) is 0 Å². The van der Waals surface area contributed by atoms with Crippen molar-refractivity contribution in [1.82, 2.24) is 19.3 Å². The van der Waals surface area contributed by atoms with E-state index >= 15 is 0 Å². The fourth-order valence-corrected chi connectivity index (χ4v) is 1.85. The van der Waals surface area contributed by atoms with Gasteiger partial charge in [0.25, 0.3) is 5.56 Å². The zero-order valence-corrected chi connectivity index (χ0v) is 11.0. The standard InChI is InChI=1S/C12H16N4O3/c1-3-19-10(17)5-4-6-16-8-13-11-9(12(16)18)7-14-15(11)2/h7-8H,3-6H2,1-2H3. The summed E-state index contributed by atoms with van der Waals surface area (Å²) in [7, 11) is 1.74. The molecule has 2 aromatic rings. The smallest absolute Gasteiger partial charge is 0.305 e. The van der Waals surface area contributed by atoms with Crippen LogP contribution < -0.4 is 5.56 Å². The molecule has 0 unspecified atom stereocenters. The number of ether oxygens (including phenoxy) is 1. The average Bonchev–Trinajstić information content (AvgIpc) is 2.75. The molecule has 102 valence electrons. The number of hydrogen-bond donors (Lipinski definition) is 0. The van der Waals surface area contributed by atoms with E-state index < -0.39 is 0 Å². The van der Waals surface area contributed by atoms with E-state index in [4.69, 9.17) is 4.74 Å². The molecular formula is C12H16N4O3. The molecule has 7 heteroatoms. The summed E-state index contributed by atoms with van der Waals surface area (Å²) in [6.45, 7) is 2.58. The maximum absolute atomic E-state index is 12.1. The Morgan fingerprint density at radius 1 is 1.47 bits per heavy atom. The molecule has 19 heavy (non-hydrogen) atoms. The van der Waals surface area contributed by atoms with E-state index in [1.54, 1.807) is 18.7 Å². The fourth-order valence-electron chi connectivity index (χ4n) is 1.85. The molecule has 2 rings (SSSR count). The van der Waals surface area contributed by atoms with Crippen LogP contribution in [0.4, 0.5) is 0 Å². The number of carbonyl (C=O) groups is 1. The highest BCUT2D eigenvalue weighted by atomic mass is 16.5. The van der Waals surface area contributed by atoms with Crippen LogP contribution in [0.2, 0.25) is 0 Å². The molecule has 0 N–H and O–H groups in total. The Morgan fingerprint density at radius 3 is 3.00 bits per heavy atom. The second kappa shape index (κ2) is 5.64. The van der Waals surface area contributed by atoms with Gasteiger partial charge < -0.3 is 4.74 Å². The minimum Gasteiger partial charge on any atom is -0.466 e. The van der Waals surface area contributed by atoms with E-state index in [9.17, 15) is 9.59 Å². The summed E-state index contributed by atoms with van der Waals surface area (Å²) >= 11 is 0. The number of esters is 1. The Kier molecular flexibility index (Phi) is 3.94. The Balaban J connectivity index is 2.07. The highest BCUT2D eigenvalue weighted by Gasteiger charge is 2.08. The van der Waals surface area contributed by atoms with E-state index in [0.29, 0.717) is 37.0 Å². The van der Waals surface area contributed by atoms with E-state index in [1.165, 1.54) is 17.1 Å². The summed E-state index contributed by atoms with van der Waals surface area (Å²) in [4.78, 5) is 27.5. The second-order valence-corrected chi connectivity index (χ2v) is 4.16. The summed E-state index contributed by atoms with van der Waals surface area (Å²) in [5.74, 6) is -0.244. The topological polar surface area (TPSA) is 79.0 Å². The summed E-state index contributed by atoms with van der Waals surface area (Å²) in [6, 6.07) is 0. The van der Waals surface area contributed by atoms with Gasteiger partial charge in [-0.25, -0.2) is 4.98 Å². The van der Waals surface area contributed by atoms with Gasteiger partial charge in [-0.3, -0.25) is 18.8 Å². The summed E-state index contributed by atoms with van der Waals surface area (Å²) in [6.07, 6.45) is 3.83. The van der Waals surface area contributed by atoms with Crippen molar-refractivity contribution in [2.45, 2.75) is 26.3 Å². The van der Waals surface area contributed by atoms with Crippen LogP contribution in [-0.2, 0) is 23.1 Å². The summed E-state index contributed by atoms with van der Waals surface area (Å²) in [5, 5.41) is 4.48. The van der Waals surface area contributed by atoms with Crippen LogP contribution in [-0.4, -0.2) is 31.9 Å². The largest absolute Gasteiger partial charge is 0.466 e. The van der Waals surface area contributed by atoms with Gasteiger partial charge in [-0.1, -0.05) is 0 Å². The van der Waals surface area contributed by atoms with Gasteiger partial charge in [0.2, 0.25) is 0 Å². The highest BCUT2D eigenvalue weighted by molar-refractivity contribution is 5.72. The van der Waals surface area contributed by atoms with Crippen molar-refractivity contribution in [3.63, 3.8) is 0 Å². The lowest BCUT2D eigenvalue weighted by Gasteiger charge is -2.05. The predicted molar refractivity (Wildman–Crippen MR) is 68.6 cm³/mol. The third kappa shape index (κ3) is 2.81. The first-order valence-corrected chi connectivity index (χ1v) is 6.16. The molecule has 0 saturated carbocycles. The molecule has 0 saturated heterocycles. The van der Waals surface area contributed by atoms with Gasteiger partial charge in [-0.2, -0.15) is 5.10 Å². The van der Waals surface area contributed by atoms with Crippen LogP contribution in [0, 0.1) is 0 Å². The van der Waals surface area contributed by atoms with Crippen LogP contribution in [0.3, 0.4) is 0 Å². The van der Waals surface area contributed by atoms with E-state index in [0.717, 1.165) is 0 Å². The fraction of sp³-hybridized carbons (Fsp3) is 0.500. The van der Waals surface area contributed by atoms with Gasteiger partial charge >= 0.3 is 5.97 Å². The third-order valence-corrected chi connectivity index (χ3v) is 2.80. The van der Waals surface area contributed by atoms with Gasteiger partial charge in [0.05, 0.1) is 19.1 Å². The van der Waals surface area contributed by atoms with Crippen molar-refractivity contribution in [2.24, 2.45) is 7.05 Å². The van der Waals surface area contributed by atoms with Crippen molar-refractivity contribution in [3.05, 3.63) is 22.9 Å². The first-order chi connectivity index (χ1) is 9.13. The highest BCUT2D eigenvalue weighted by Crippen LogP contribution is 2.04. The lowest BCUT2D eigenvalue weighted by atomic mass is 10.3. The van der Waals surface area contributed by atoms with Crippen molar-refractivity contribution >= 4 is 17.0 Å². The Bertz CT molecular complexity index is 644. The molecule has 0 amide bonds. The van der Waals surface area contributed by atoms with Gasteiger partial charge in [0.15, 0.2) is 5.65 Å². The molecule has 0 aromatic carbocycles. The van der Waals surface area contributed by atoms with Crippen molar-refractivity contribution in [3.8, 4) is 0 Å². The monoisotopic (exact) mass is 264 g/mol. The van der Waals surface area contributed by atoms with Gasteiger partial charge in [0.1, 0.15) is 5.39 Å². The molecule has 0 bridgehead atoms. The van der Waals surface area contributed by atoms with Crippen LogP contribution >= 0.6 is 0 Å². The molecule has 0 aliphatic carbocycles. The summed E-state index contributed by atoms with van der Waals surface area (Å²) in [5.41, 5.74) is 0.425. The molecule has 2 heterocycles. The van der Waals surface area contributed by atoms with E-state index in [1.807, 2.05) is 0 Å². The third-order valence-electron chi connectivity index (χ3n) is 2.80. The second-order valence-electron chi connectivity index (χ2n) is 4.16. The maximum Gasteiger partial charge on any atom is 0.305 e. The molecule has 0 atom stereocenters. The molecule has 0 radical (unpaired) electrons. The van der Waals surface area contributed by atoms with E-state index in [2.05, 4.69) is 10.1 Å². The van der Waals surface area contributed by atoms with Crippen LogP contribution in [0.1, 0.15) is 19.8 Å². The van der Waals surface area contributed by atoms with Crippen molar-refractivity contribution < 1.29 is 9.53 Å². The Hall–Kier alpha value is -2.18. The van der Waals surface area contributed by atoms with Crippen LogP contribution in [0.25, 0.3) is 11.0 Å². The summed E-state index contributed by atoms with van der Waals surface area (Å²) < 4.78 is 7.87. The zero-order valence-electron chi connectivity index (χ0n) is 11.0. The minimum atomic E-state index is -0.244. The minimum absolute atomic E-state index is 0.137. The molecule has 0 aliphatic heterocycles. The van der Waals surface area contributed by atoms with Crippen molar-refractivity contribution in [2.75, 3.05) is 6.61 Å². The van der Waals surface area contributed by atoms with Crippen LogP contribution in [0.15, 0.2) is 17.3 Å². The van der Waals surface area contributed by atoms with Gasteiger partial charge in [0, 0.05) is 20.0 Å². The molecule has 0 spiro atoms. The maximum atomic E-state index is 12.1.